The number of hydrogen-bond donors (Lipinski definition) is 1. The van der Waals surface area contributed by atoms with Crippen molar-refractivity contribution in [3.8, 4) is 5.88 Å². The van der Waals surface area contributed by atoms with E-state index in [0.29, 0.717) is 11.7 Å². The van der Waals surface area contributed by atoms with Crippen molar-refractivity contribution in [1.82, 2.24) is 14.6 Å². The van der Waals surface area contributed by atoms with Gasteiger partial charge < -0.3 is 10.5 Å². The summed E-state index contributed by atoms with van der Waals surface area (Å²) in [6.07, 6.45) is 1.60. The van der Waals surface area contributed by atoms with Crippen molar-refractivity contribution in [3.05, 3.63) is 18.3 Å². The summed E-state index contributed by atoms with van der Waals surface area (Å²) in [5, 5.41) is 4.01. The molecule has 2 N–H and O–H groups in total. The summed E-state index contributed by atoms with van der Waals surface area (Å²) < 4.78 is 6.56. The van der Waals surface area contributed by atoms with Crippen LogP contribution in [0.4, 0.5) is 5.82 Å². The van der Waals surface area contributed by atoms with Gasteiger partial charge in [0.25, 0.3) is 0 Å². The third-order valence-corrected chi connectivity index (χ3v) is 1.56. The molecule has 0 spiro atoms. The fourth-order valence-corrected chi connectivity index (χ4v) is 1.01. The summed E-state index contributed by atoms with van der Waals surface area (Å²) in [4.78, 5) is 4.05. The van der Waals surface area contributed by atoms with Gasteiger partial charge in [0.05, 0.1) is 13.3 Å². The van der Waals surface area contributed by atoms with Crippen molar-refractivity contribution in [3.63, 3.8) is 0 Å². The van der Waals surface area contributed by atoms with Crippen LogP contribution in [0.5, 0.6) is 5.88 Å². The maximum Gasteiger partial charge on any atom is 0.235 e. The van der Waals surface area contributed by atoms with E-state index in [-0.39, 0.29) is 0 Å². The molecule has 0 atom stereocenters. The van der Waals surface area contributed by atoms with Crippen molar-refractivity contribution in [2.24, 2.45) is 0 Å². The molecule has 2 aromatic heterocycles. The molecule has 0 aliphatic carbocycles. The highest BCUT2D eigenvalue weighted by Crippen LogP contribution is 2.12. The maximum absolute atomic E-state index is 5.49. The van der Waals surface area contributed by atoms with Gasteiger partial charge in [0.2, 0.25) is 5.88 Å². The Morgan fingerprint density at radius 1 is 1.50 bits per heavy atom. The van der Waals surface area contributed by atoms with Crippen LogP contribution in [-0.2, 0) is 0 Å². The van der Waals surface area contributed by atoms with Gasteiger partial charge in [-0.25, -0.2) is 4.98 Å². The Hall–Kier alpha value is -1.78. The van der Waals surface area contributed by atoms with Crippen molar-refractivity contribution >= 4 is 11.5 Å². The van der Waals surface area contributed by atoms with Gasteiger partial charge in [0.1, 0.15) is 5.82 Å². The molecule has 0 amide bonds. The fraction of sp³-hybridized carbons (Fsp3) is 0.143. The smallest absolute Gasteiger partial charge is 0.235 e. The Kier molecular flexibility index (Phi) is 1.36. The topological polar surface area (TPSA) is 65.4 Å². The molecule has 0 radical (unpaired) electrons. The van der Waals surface area contributed by atoms with Crippen LogP contribution in [0.2, 0.25) is 0 Å². The second kappa shape index (κ2) is 2.37. The molecular formula is C7H8N4O. The molecule has 0 bridgehead atoms. The molecule has 5 heteroatoms. The fourth-order valence-electron chi connectivity index (χ4n) is 1.01. The molecule has 0 saturated carbocycles. The molecule has 0 unspecified atom stereocenters. The summed E-state index contributed by atoms with van der Waals surface area (Å²) in [5.41, 5.74) is 6.21. The van der Waals surface area contributed by atoms with Crippen molar-refractivity contribution < 1.29 is 4.74 Å². The molecule has 0 saturated heterocycles. The highest BCUT2D eigenvalue weighted by atomic mass is 16.5. The minimum Gasteiger partial charge on any atom is -0.480 e. The van der Waals surface area contributed by atoms with Crippen LogP contribution in [-0.4, -0.2) is 21.7 Å². The minimum atomic E-state index is 0.443. The lowest BCUT2D eigenvalue weighted by Crippen LogP contribution is -1.99. The van der Waals surface area contributed by atoms with Gasteiger partial charge in [-0.15, -0.1) is 5.10 Å². The number of ether oxygens (including phenoxy) is 1. The van der Waals surface area contributed by atoms with Gasteiger partial charge in [-0.1, -0.05) is 0 Å². The summed E-state index contributed by atoms with van der Waals surface area (Å²) >= 11 is 0. The van der Waals surface area contributed by atoms with Crippen molar-refractivity contribution in [2.45, 2.75) is 0 Å². The lowest BCUT2D eigenvalue weighted by Gasteiger charge is -1.98. The van der Waals surface area contributed by atoms with Gasteiger partial charge >= 0.3 is 0 Å². The van der Waals surface area contributed by atoms with Crippen LogP contribution in [0.3, 0.4) is 0 Å². The molecule has 2 heterocycles. The number of aromatic nitrogens is 3. The predicted molar refractivity (Wildman–Crippen MR) is 44.0 cm³/mol. The molecule has 12 heavy (non-hydrogen) atoms. The van der Waals surface area contributed by atoms with E-state index in [4.69, 9.17) is 10.5 Å². The zero-order valence-electron chi connectivity index (χ0n) is 6.56. The van der Waals surface area contributed by atoms with E-state index in [0.717, 1.165) is 5.65 Å². The lowest BCUT2D eigenvalue weighted by atomic mass is 10.5. The molecule has 5 nitrogen and oxygen atoms in total. The Bertz CT molecular complexity index is 409. The summed E-state index contributed by atoms with van der Waals surface area (Å²) in [7, 11) is 1.56. The zero-order valence-corrected chi connectivity index (χ0v) is 6.56. The SMILES string of the molecule is COc1cnc2ccc(N)nn12. The number of methoxy groups -OCH3 is 1. The van der Waals surface area contributed by atoms with E-state index >= 15 is 0 Å². The van der Waals surface area contributed by atoms with Gasteiger partial charge in [-0.05, 0) is 12.1 Å². The molecule has 62 valence electrons. The number of imidazole rings is 1. The molecule has 2 rings (SSSR count). The van der Waals surface area contributed by atoms with E-state index < -0.39 is 0 Å². The van der Waals surface area contributed by atoms with Gasteiger partial charge in [-0.3, -0.25) is 0 Å². The third-order valence-electron chi connectivity index (χ3n) is 1.56. The molecular weight excluding hydrogens is 156 g/mol. The average molecular weight is 164 g/mol. The van der Waals surface area contributed by atoms with Crippen molar-refractivity contribution in [1.29, 1.82) is 0 Å². The van der Waals surface area contributed by atoms with Crippen LogP contribution < -0.4 is 10.5 Å². The van der Waals surface area contributed by atoms with Gasteiger partial charge in [0, 0.05) is 0 Å². The first-order valence-electron chi connectivity index (χ1n) is 3.45. The molecule has 0 aliphatic heterocycles. The number of hydrogen-bond acceptors (Lipinski definition) is 4. The predicted octanol–water partition coefficient (Wildman–Crippen LogP) is 0.320. The van der Waals surface area contributed by atoms with Crippen LogP contribution in [0.15, 0.2) is 18.3 Å². The molecule has 0 aliphatic rings. The van der Waals surface area contributed by atoms with E-state index in [9.17, 15) is 0 Å². The Morgan fingerprint density at radius 3 is 3.08 bits per heavy atom. The van der Waals surface area contributed by atoms with Gasteiger partial charge in [-0.2, -0.15) is 4.52 Å². The Morgan fingerprint density at radius 2 is 2.33 bits per heavy atom. The van der Waals surface area contributed by atoms with E-state index in [1.807, 2.05) is 0 Å². The quantitative estimate of drug-likeness (QED) is 0.659. The Balaban J connectivity index is 2.75. The summed E-state index contributed by atoms with van der Waals surface area (Å²) in [5.74, 6) is 1.02. The number of fused-ring (bicyclic) bond motifs is 1. The number of rotatable bonds is 1. The Labute approximate surface area is 68.8 Å². The highest BCUT2D eigenvalue weighted by molar-refractivity contribution is 5.44. The van der Waals surface area contributed by atoms with Crippen LogP contribution in [0.1, 0.15) is 0 Å². The second-order valence-corrected chi connectivity index (χ2v) is 2.33. The van der Waals surface area contributed by atoms with Crippen LogP contribution in [0, 0.1) is 0 Å². The number of nitrogen functional groups attached to an aromatic ring is 1. The summed E-state index contributed by atoms with van der Waals surface area (Å²) in [6, 6.07) is 3.48. The molecule has 0 fully saturated rings. The second-order valence-electron chi connectivity index (χ2n) is 2.33. The lowest BCUT2D eigenvalue weighted by molar-refractivity contribution is 0.387. The third kappa shape index (κ3) is 0.868. The monoisotopic (exact) mass is 164 g/mol. The number of nitrogens with zero attached hydrogens (tertiary/aromatic N) is 3. The largest absolute Gasteiger partial charge is 0.480 e. The van der Waals surface area contributed by atoms with E-state index in [1.165, 1.54) is 0 Å². The zero-order chi connectivity index (χ0) is 8.55. The minimum absolute atomic E-state index is 0.443. The number of anilines is 1. The maximum atomic E-state index is 5.49. The number of nitrogens with two attached hydrogens (primary N) is 1. The highest BCUT2D eigenvalue weighted by Gasteiger charge is 2.02. The normalized spacial score (nSPS) is 10.4. The van der Waals surface area contributed by atoms with Crippen LogP contribution >= 0.6 is 0 Å². The summed E-state index contributed by atoms with van der Waals surface area (Å²) in [6.45, 7) is 0. The van der Waals surface area contributed by atoms with Crippen LogP contribution in [0.25, 0.3) is 5.65 Å². The first kappa shape index (κ1) is 6.90. The molecule has 0 aromatic carbocycles. The standard InChI is InChI=1S/C7H8N4O/c1-12-7-4-9-6-3-2-5(8)10-11(6)7/h2-4H,1H3,(H2,8,10). The van der Waals surface area contributed by atoms with Gasteiger partial charge in [0.15, 0.2) is 5.65 Å². The first-order chi connectivity index (χ1) is 5.81. The first-order valence-corrected chi connectivity index (χ1v) is 3.45. The van der Waals surface area contributed by atoms with E-state index in [2.05, 4.69) is 10.1 Å². The molecule has 2 aromatic rings. The van der Waals surface area contributed by atoms with Crippen molar-refractivity contribution in [2.75, 3.05) is 12.8 Å². The average Bonchev–Trinajstić information content (AvgIpc) is 2.46. The van der Waals surface area contributed by atoms with E-state index in [1.54, 1.807) is 30.0 Å².